The molecule has 162 valence electrons. The van der Waals surface area contributed by atoms with Crippen molar-refractivity contribution in [3.63, 3.8) is 0 Å². The molecule has 2 aromatic carbocycles. The van der Waals surface area contributed by atoms with E-state index in [9.17, 15) is 4.79 Å². The van der Waals surface area contributed by atoms with Gasteiger partial charge in [-0.05, 0) is 67.3 Å². The summed E-state index contributed by atoms with van der Waals surface area (Å²) in [6.07, 6.45) is 0.650. The first kappa shape index (κ1) is 21.0. The second-order valence-corrected chi connectivity index (χ2v) is 7.70. The molecule has 0 saturated carbocycles. The Labute approximate surface area is 183 Å². The Hall–Kier alpha value is -3.21. The number of fused-ring (bicyclic) bond motifs is 2. The molecule has 1 unspecified atom stereocenters. The van der Waals surface area contributed by atoms with E-state index in [1.807, 2.05) is 75.1 Å². The first-order valence-electron chi connectivity index (χ1n) is 10.9. The number of hydrogen-bond donors (Lipinski definition) is 0. The van der Waals surface area contributed by atoms with E-state index in [0.29, 0.717) is 18.7 Å². The highest BCUT2D eigenvalue weighted by molar-refractivity contribution is 6.10. The van der Waals surface area contributed by atoms with Crippen molar-refractivity contribution in [1.29, 1.82) is 0 Å². The van der Waals surface area contributed by atoms with Crippen LogP contribution in [0.3, 0.4) is 0 Å². The summed E-state index contributed by atoms with van der Waals surface area (Å²) < 4.78 is 16.9. The van der Waals surface area contributed by atoms with Gasteiger partial charge in [-0.3, -0.25) is 4.79 Å². The summed E-state index contributed by atoms with van der Waals surface area (Å²) in [7, 11) is 0. The standard InChI is InChI=1S/C24H23NO4.C2H6/c1-4-24(19-12-22-21(11-15(19)2)27-14-28-22)18-7-5-6-8-20(18)25(23(24)26)13-17-10-9-16(3)29-17;1-2/h5-12H,4,13-14H2,1-3H3;1-2H3. The molecular weight excluding hydrogens is 390 g/mol. The van der Waals surface area contributed by atoms with Crippen LogP contribution < -0.4 is 14.4 Å². The Morgan fingerprint density at radius 3 is 2.35 bits per heavy atom. The SMILES string of the molecule is CC.CCC1(c2cc3c(cc2C)OCO3)C(=O)N(Cc2ccc(C)o2)c2ccccc21. The molecule has 0 N–H and O–H groups in total. The normalized spacial score (nSPS) is 18.6. The van der Waals surface area contributed by atoms with Crippen molar-refractivity contribution < 1.29 is 18.7 Å². The molecule has 5 nitrogen and oxygen atoms in total. The number of para-hydroxylation sites is 1. The third kappa shape index (κ3) is 3.19. The Balaban J connectivity index is 0.00000112. The minimum Gasteiger partial charge on any atom is -0.464 e. The van der Waals surface area contributed by atoms with E-state index in [2.05, 4.69) is 13.0 Å². The number of nitrogens with zero attached hydrogens (tertiary/aromatic N) is 1. The number of aryl methyl sites for hydroxylation is 2. The topological polar surface area (TPSA) is 51.9 Å². The maximum atomic E-state index is 14.0. The molecule has 5 heteroatoms. The monoisotopic (exact) mass is 419 g/mol. The minimum atomic E-state index is -0.761. The maximum Gasteiger partial charge on any atom is 0.242 e. The van der Waals surface area contributed by atoms with Crippen molar-refractivity contribution in [3.05, 3.63) is 76.7 Å². The Bertz CT molecular complexity index is 1120. The molecular formula is C26H29NO4. The number of rotatable bonds is 4. The molecule has 0 aliphatic carbocycles. The largest absolute Gasteiger partial charge is 0.464 e. The van der Waals surface area contributed by atoms with Crippen molar-refractivity contribution in [2.45, 2.75) is 53.0 Å². The van der Waals surface area contributed by atoms with Crippen LogP contribution in [0.4, 0.5) is 5.69 Å². The number of amides is 1. The molecule has 2 aliphatic heterocycles. The van der Waals surface area contributed by atoms with Crippen molar-refractivity contribution in [2.75, 3.05) is 11.7 Å². The lowest BCUT2D eigenvalue weighted by molar-refractivity contribution is -0.122. The van der Waals surface area contributed by atoms with Crippen LogP contribution in [0, 0.1) is 13.8 Å². The van der Waals surface area contributed by atoms with Crippen molar-refractivity contribution in [1.82, 2.24) is 0 Å². The van der Waals surface area contributed by atoms with Crippen LogP contribution in [0.15, 0.2) is 52.9 Å². The smallest absolute Gasteiger partial charge is 0.242 e. The molecule has 0 spiro atoms. The Morgan fingerprint density at radius 2 is 1.68 bits per heavy atom. The average molecular weight is 420 g/mol. The first-order chi connectivity index (χ1) is 15.0. The molecule has 0 bridgehead atoms. The molecule has 31 heavy (non-hydrogen) atoms. The maximum absolute atomic E-state index is 14.0. The van der Waals surface area contributed by atoms with Gasteiger partial charge in [-0.15, -0.1) is 0 Å². The second kappa shape index (κ2) is 8.14. The van der Waals surface area contributed by atoms with Crippen LogP contribution in [-0.4, -0.2) is 12.7 Å². The van der Waals surface area contributed by atoms with Gasteiger partial charge in [0.1, 0.15) is 16.9 Å². The molecule has 2 aliphatic rings. The molecule has 1 atom stereocenters. The van der Waals surface area contributed by atoms with Crippen molar-refractivity contribution >= 4 is 11.6 Å². The van der Waals surface area contributed by atoms with Gasteiger partial charge in [0.05, 0.1) is 6.54 Å². The van der Waals surface area contributed by atoms with Crippen LogP contribution in [0.25, 0.3) is 0 Å². The van der Waals surface area contributed by atoms with E-state index in [1.165, 1.54) is 0 Å². The number of furan rings is 1. The predicted molar refractivity (Wildman–Crippen MR) is 121 cm³/mol. The van der Waals surface area contributed by atoms with Gasteiger partial charge in [0.2, 0.25) is 12.7 Å². The Kier molecular flexibility index (Phi) is 5.52. The molecule has 3 aromatic rings. The predicted octanol–water partition coefficient (Wildman–Crippen LogP) is 5.89. The summed E-state index contributed by atoms with van der Waals surface area (Å²) in [5.74, 6) is 3.12. The molecule has 1 aromatic heterocycles. The van der Waals surface area contributed by atoms with E-state index in [1.54, 1.807) is 0 Å². The van der Waals surface area contributed by atoms with Gasteiger partial charge in [0.15, 0.2) is 11.5 Å². The molecule has 5 rings (SSSR count). The van der Waals surface area contributed by atoms with Crippen LogP contribution in [0.1, 0.15) is 55.4 Å². The fraction of sp³-hybridized carbons (Fsp3) is 0.346. The lowest BCUT2D eigenvalue weighted by Crippen LogP contribution is -2.41. The third-order valence-corrected chi connectivity index (χ3v) is 6.08. The van der Waals surface area contributed by atoms with Crippen LogP contribution in [-0.2, 0) is 16.8 Å². The zero-order valence-corrected chi connectivity index (χ0v) is 18.8. The number of benzene rings is 2. The fourth-order valence-electron chi connectivity index (χ4n) is 4.70. The van der Waals surface area contributed by atoms with E-state index in [0.717, 1.165) is 39.6 Å². The lowest BCUT2D eigenvalue weighted by Gasteiger charge is -2.30. The van der Waals surface area contributed by atoms with Gasteiger partial charge >= 0.3 is 0 Å². The molecule has 0 fully saturated rings. The summed E-state index contributed by atoms with van der Waals surface area (Å²) in [4.78, 5) is 15.8. The van der Waals surface area contributed by atoms with Gasteiger partial charge in [-0.1, -0.05) is 39.0 Å². The van der Waals surface area contributed by atoms with Gasteiger partial charge in [-0.25, -0.2) is 0 Å². The number of ether oxygens (including phenoxy) is 2. The summed E-state index contributed by atoms with van der Waals surface area (Å²) >= 11 is 0. The van der Waals surface area contributed by atoms with Crippen LogP contribution in [0.2, 0.25) is 0 Å². The molecule has 0 saturated heterocycles. The van der Waals surface area contributed by atoms with E-state index in [-0.39, 0.29) is 12.7 Å². The number of carbonyl (C=O) groups is 1. The van der Waals surface area contributed by atoms with Crippen LogP contribution >= 0.6 is 0 Å². The van der Waals surface area contributed by atoms with Crippen molar-refractivity contribution in [3.8, 4) is 11.5 Å². The Morgan fingerprint density at radius 1 is 0.968 bits per heavy atom. The highest BCUT2D eigenvalue weighted by Gasteiger charge is 2.51. The number of hydrogen-bond acceptors (Lipinski definition) is 4. The fourth-order valence-corrected chi connectivity index (χ4v) is 4.70. The second-order valence-electron chi connectivity index (χ2n) is 7.70. The summed E-state index contributed by atoms with van der Waals surface area (Å²) in [6, 6.07) is 15.9. The zero-order chi connectivity index (χ0) is 22.2. The van der Waals surface area contributed by atoms with E-state index >= 15 is 0 Å². The van der Waals surface area contributed by atoms with Crippen molar-refractivity contribution in [2.24, 2.45) is 0 Å². The molecule has 1 amide bonds. The lowest BCUT2D eigenvalue weighted by atomic mass is 9.71. The van der Waals surface area contributed by atoms with Gasteiger partial charge < -0.3 is 18.8 Å². The number of anilines is 1. The van der Waals surface area contributed by atoms with E-state index < -0.39 is 5.41 Å². The average Bonchev–Trinajstić information content (AvgIpc) is 3.47. The third-order valence-electron chi connectivity index (χ3n) is 6.08. The van der Waals surface area contributed by atoms with Crippen LogP contribution in [0.5, 0.6) is 11.5 Å². The summed E-state index contributed by atoms with van der Waals surface area (Å²) in [6.45, 7) is 10.6. The minimum absolute atomic E-state index is 0.0669. The van der Waals surface area contributed by atoms with Gasteiger partial charge in [0.25, 0.3) is 0 Å². The van der Waals surface area contributed by atoms with E-state index in [4.69, 9.17) is 13.9 Å². The van der Waals surface area contributed by atoms with Gasteiger partial charge in [-0.2, -0.15) is 0 Å². The summed E-state index contributed by atoms with van der Waals surface area (Å²) in [5.41, 5.74) is 3.20. The first-order valence-corrected chi connectivity index (χ1v) is 10.9. The van der Waals surface area contributed by atoms with Gasteiger partial charge in [0, 0.05) is 5.69 Å². The molecule has 3 heterocycles. The summed E-state index contributed by atoms with van der Waals surface area (Å²) in [5, 5.41) is 0. The number of carbonyl (C=O) groups excluding carboxylic acids is 1. The quantitative estimate of drug-likeness (QED) is 0.529. The molecule has 0 radical (unpaired) electrons. The highest BCUT2D eigenvalue weighted by atomic mass is 16.7. The zero-order valence-electron chi connectivity index (χ0n) is 18.8. The highest BCUT2D eigenvalue weighted by Crippen LogP contribution is 2.51.